The van der Waals surface area contributed by atoms with Gasteiger partial charge in [-0.25, -0.2) is 4.39 Å². The highest BCUT2D eigenvalue weighted by Gasteiger charge is 2.25. The fourth-order valence-electron chi connectivity index (χ4n) is 2.30. The lowest BCUT2D eigenvalue weighted by Gasteiger charge is -2.32. The number of piperidine rings is 1. The van der Waals surface area contributed by atoms with Crippen LogP contribution in [0.25, 0.3) is 0 Å². The minimum absolute atomic E-state index is 0.124. The van der Waals surface area contributed by atoms with Gasteiger partial charge in [-0.3, -0.25) is 4.79 Å². The van der Waals surface area contributed by atoms with E-state index in [0.717, 1.165) is 12.8 Å². The zero-order valence-corrected chi connectivity index (χ0v) is 12.5. The van der Waals surface area contributed by atoms with Crippen molar-refractivity contribution in [3.63, 3.8) is 0 Å². The van der Waals surface area contributed by atoms with E-state index in [1.54, 1.807) is 17.0 Å². The molecule has 0 radical (unpaired) electrons. The van der Waals surface area contributed by atoms with Crippen LogP contribution in [0.1, 0.15) is 30.1 Å². The highest BCUT2D eigenvalue weighted by Crippen LogP contribution is 2.23. The van der Waals surface area contributed by atoms with Gasteiger partial charge < -0.3 is 9.64 Å². The summed E-state index contributed by atoms with van der Waals surface area (Å²) in [6.45, 7) is 3.99. The van der Waals surface area contributed by atoms with Crippen LogP contribution in [-0.2, 0) is 4.74 Å². The summed E-state index contributed by atoms with van der Waals surface area (Å²) < 4.78 is 19.2. The monoisotopic (exact) mass is 329 g/mol. The van der Waals surface area contributed by atoms with E-state index in [2.05, 4.69) is 15.9 Å². The summed E-state index contributed by atoms with van der Waals surface area (Å²) in [6, 6.07) is 4.53. The maximum Gasteiger partial charge on any atom is 0.255 e. The maximum atomic E-state index is 13.4. The number of benzene rings is 1. The first-order chi connectivity index (χ1) is 9.13. The average Bonchev–Trinajstić information content (AvgIpc) is 2.42. The molecule has 0 unspecified atom stereocenters. The van der Waals surface area contributed by atoms with Crippen molar-refractivity contribution < 1.29 is 13.9 Å². The Balaban J connectivity index is 2.03. The van der Waals surface area contributed by atoms with Crippen molar-refractivity contribution in [3.05, 3.63) is 34.1 Å². The number of halogens is 2. The number of amides is 1. The second kappa shape index (κ2) is 6.48. The fraction of sp³-hybridized carbons (Fsp3) is 0.500. The third-order valence-corrected chi connectivity index (χ3v) is 4.12. The first-order valence-corrected chi connectivity index (χ1v) is 7.27. The van der Waals surface area contributed by atoms with Crippen molar-refractivity contribution in [2.45, 2.75) is 25.9 Å². The number of hydrogen-bond acceptors (Lipinski definition) is 2. The van der Waals surface area contributed by atoms with E-state index in [4.69, 9.17) is 4.74 Å². The Bertz CT molecular complexity index is 459. The smallest absolute Gasteiger partial charge is 0.255 e. The maximum absolute atomic E-state index is 13.4. The molecule has 19 heavy (non-hydrogen) atoms. The predicted molar refractivity (Wildman–Crippen MR) is 74.7 cm³/mol. The van der Waals surface area contributed by atoms with Crippen LogP contribution in [0.2, 0.25) is 0 Å². The first-order valence-electron chi connectivity index (χ1n) is 6.48. The molecule has 1 fully saturated rings. The lowest BCUT2D eigenvalue weighted by Crippen LogP contribution is -2.41. The van der Waals surface area contributed by atoms with Gasteiger partial charge in [-0.05, 0) is 47.8 Å². The summed E-state index contributed by atoms with van der Waals surface area (Å²) in [7, 11) is 0. The van der Waals surface area contributed by atoms with E-state index in [9.17, 15) is 9.18 Å². The van der Waals surface area contributed by atoms with Gasteiger partial charge in [0.25, 0.3) is 5.91 Å². The molecule has 1 saturated heterocycles. The van der Waals surface area contributed by atoms with Crippen LogP contribution in [0.5, 0.6) is 0 Å². The molecule has 1 amide bonds. The molecule has 0 bridgehead atoms. The highest BCUT2D eigenvalue weighted by atomic mass is 79.9. The van der Waals surface area contributed by atoms with Crippen LogP contribution in [0.3, 0.4) is 0 Å². The molecule has 3 nitrogen and oxygen atoms in total. The van der Waals surface area contributed by atoms with Gasteiger partial charge in [0.15, 0.2) is 0 Å². The van der Waals surface area contributed by atoms with Crippen molar-refractivity contribution in [2.24, 2.45) is 0 Å². The van der Waals surface area contributed by atoms with Crippen LogP contribution in [0.4, 0.5) is 4.39 Å². The second-order valence-electron chi connectivity index (χ2n) is 4.55. The third-order valence-electron chi connectivity index (χ3n) is 3.31. The first kappa shape index (κ1) is 14.5. The Morgan fingerprint density at radius 3 is 2.79 bits per heavy atom. The van der Waals surface area contributed by atoms with Crippen molar-refractivity contribution >= 4 is 21.8 Å². The van der Waals surface area contributed by atoms with Gasteiger partial charge in [0.2, 0.25) is 0 Å². The van der Waals surface area contributed by atoms with Gasteiger partial charge in [0.05, 0.1) is 16.1 Å². The van der Waals surface area contributed by atoms with E-state index < -0.39 is 5.82 Å². The summed E-state index contributed by atoms with van der Waals surface area (Å²) in [6.07, 6.45) is 1.92. The largest absolute Gasteiger partial charge is 0.378 e. The van der Waals surface area contributed by atoms with Gasteiger partial charge in [-0.15, -0.1) is 0 Å². The lowest BCUT2D eigenvalue weighted by molar-refractivity contribution is 0.0145. The van der Waals surface area contributed by atoms with E-state index in [1.807, 2.05) is 6.92 Å². The summed E-state index contributed by atoms with van der Waals surface area (Å²) in [5.41, 5.74) is 0.384. The van der Waals surface area contributed by atoms with Gasteiger partial charge in [-0.1, -0.05) is 6.07 Å². The second-order valence-corrected chi connectivity index (χ2v) is 5.34. The summed E-state index contributed by atoms with van der Waals surface area (Å²) in [4.78, 5) is 14.1. The SMILES string of the molecule is CCOC1CCN(C(=O)c2cccc(F)c2Br)CC1. The zero-order valence-electron chi connectivity index (χ0n) is 10.9. The van der Waals surface area contributed by atoms with Crippen LogP contribution >= 0.6 is 15.9 Å². The van der Waals surface area contributed by atoms with Crippen LogP contribution < -0.4 is 0 Å². The molecule has 1 aromatic carbocycles. The molecule has 104 valence electrons. The molecule has 2 rings (SSSR count). The van der Waals surface area contributed by atoms with Gasteiger partial charge >= 0.3 is 0 Å². The number of hydrogen-bond donors (Lipinski definition) is 0. The minimum atomic E-state index is -0.407. The quantitative estimate of drug-likeness (QED) is 0.852. The summed E-state index contributed by atoms with van der Waals surface area (Å²) in [5.74, 6) is -0.531. The lowest BCUT2D eigenvalue weighted by atomic mass is 10.1. The molecule has 0 aliphatic carbocycles. The van der Waals surface area contributed by atoms with Crippen molar-refractivity contribution in [2.75, 3.05) is 19.7 Å². The molecule has 5 heteroatoms. The van der Waals surface area contributed by atoms with Crippen LogP contribution in [-0.4, -0.2) is 36.6 Å². The molecule has 1 aliphatic heterocycles. The molecule has 0 atom stereocenters. The topological polar surface area (TPSA) is 29.5 Å². The van der Waals surface area contributed by atoms with Gasteiger partial charge in [0, 0.05) is 19.7 Å². The number of carbonyl (C=O) groups is 1. The van der Waals surface area contributed by atoms with Crippen molar-refractivity contribution in [3.8, 4) is 0 Å². The van der Waals surface area contributed by atoms with E-state index in [-0.39, 0.29) is 16.5 Å². The average molecular weight is 330 g/mol. The normalized spacial score (nSPS) is 16.7. The Labute approximate surface area is 120 Å². The third kappa shape index (κ3) is 3.34. The molecule has 0 saturated carbocycles. The molecule has 0 spiro atoms. The molecule has 1 aliphatic rings. The standard InChI is InChI=1S/C14H17BrFNO2/c1-2-19-10-6-8-17(9-7-10)14(18)11-4-3-5-12(16)13(11)15/h3-5,10H,2,6-9H2,1H3. The highest BCUT2D eigenvalue weighted by molar-refractivity contribution is 9.10. The van der Waals surface area contributed by atoms with E-state index in [0.29, 0.717) is 25.3 Å². The molecular weight excluding hydrogens is 313 g/mol. The van der Waals surface area contributed by atoms with Gasteiger partial charge in [-0.2, -0.15) is 0 Å². The number of ether oxygens (including phenoxy) is 1. The molecule has 1 heterocycles. The molecule has 0 aromatic heterocycles. The predicted octanol–water partition coefficient (Wildman–Crippen LogP) is 3.23. The zero-order chi connectivity index (χ0) is 13.8. The van der Waals surface area contributed by atoms with E-state index >= 15 is 0 Å². The fourth-order valence-corrected chi connectivity index (χ4v) is 2.73. The summed E-state index contributed by atoms with van der Waals surface area (Å²) in [5, 5.41) is 0. The van der Waals surface area contributed by atoms with E-state index in [1.165, 1.54) is 6.07 Å². The number of likely N-dealkylation sites (tertiary alicyclic amines) is 1. The Morgan fingerprint density at radius 2 is 2.16 bits per heavy atom. The number of nitrogens with zero attached hydrogens (tertiary/aromatic N) is 1. The Morgan fingerprint density at radius 1 is 1.47 bits per heavy atom. The molecule has 0 N–H and O–H groups in total. The molecular formula is C14H17BrFNO2. The van der Waals surface area contributed by atoms with Crippen LogP contribution in [0.15, 0.2) is 22.7 Å². The number of rotatable bonds is 3. The van der Waals surface area contributed by atoms with Crippen molar-refractivity contribution in [1.82, 2.24) is 4.90 Å². The Hall–Kier alpha value is -0.940. The summed E-state index contributed by atoms with van der Waals surface area (Å²) >= 11 is 3.14. The van der Waals surface area contributed by atoms with Crippen molar-refractivity contribution in [1.29, 1.82) is 0 Å². The Kier molecular flexibility index (Phi) is 4.93. The van der Waals surface area contributed by atoms with Crippen LogP contribution in [0, 0.1) is 5.82 Å². The molecule has 1 aromatic rings. The minimum Gasteiger partial charge on any atom is -0.378 e. The van der Waals surface area contributed by atoms with Gasteiger partial charge in [0.1, 0.15) is 5.82 Å². The number of carbonyl (C=O) groups excluding carboxylic acids is 1.